The monoisotopic (exact) mass is 310 g/mol. The zero-order valence-corrected chi connectivity index (χ0v) is 12.0. The first-order valence-corrected chi connectivity index (χ1v) is 7.58. The Morgan fingerprint density at radius 2 is 2.05 bits per heavy atom. The number of halogens is 3. The highest BCUT2D eigenvalue weighted by Gasteiger charge is 2.63. The van der Waals surface area contributed by atoms with E-state index in [1.807, 2.05) is 0 Å². The van der Waals surface area contributed by atoms with Crippen LogP contribution in [0.4, 0.5) is 23.9 Å². The Labute approximate surface area is 116 Å². The molecule has 0 saturated heterocycles. The molecule has 0 aliphatic heterocycles. The van der Waals surface area contributed by atoms with Gasteiger partial charge < -0.3 is 11.1 Å². The lowest BCUT2D eigenvalue weighted by Crippen LogP contribution is -2.38. The Bertz CT molecular complexity index is 521. The third kappa shape index (κ3) is 2.43. The number of rotatable bonds is 4. The SMILES string of the molecule is CSc1c(NC2(C(F)(F)F)CC2)sc(C(C)=O)c1N. The van der Waals surface area contributed by atoms with E-state index >= 15 is 0 Å². The molecule has 1 aliphatic carbocycles. The highest BCUT2D eigenvalue weighted by Crippen LogP contribution is 2.54. The van der Waals surface area contributed by atoms with Gasteiger partial charge in [-0.25, -0.2) is 0 Å². The Hall–Kier alpha value is -0.890. The van der Waals surface area contributed by atoms with Crippen molar-refractivity contribution in [1.82, 2.24) is 0 Å². The van der Waals surface area contributed by atoms with Gasteiger partial charge >= 0.3 is 6.18 Å². The molecule has 0 aromatic carbocycles. The Morgan fingerprint density at radius 1 is 1.47 bits per heavy atom. The van der Waals surface area contributed by atoms with Crippen molar-refractivity contribution in [3.05, 3.63) is 4.88 Å². The van der Waals surface area contributed by atoms with E-state index < -0.39 is 11.7 Å². The molecule has 106 valence electrons. The fourth-order valence-electron chi connectivity index (χ4n) is 1.80. The van der Waals surface area contributed by atoms with E-state index in [4.69, 9.17) is 5.73 Å². The van der Waals surface area contributed by atoms with Crippen molar-refractivity contribution in [2.24, 2.45) is 0 Å². The molecule has 3 N–H and O–H groups in total. The molecule has 0 bridgehead atoms. The Kier molecular flexibility index (Phi) is 3.51. The summed E-state index contributed by atoms with van der Waals surface area (Å²) in [4.78, 5) is 12.2. The number of hydrogen-bond acceptors (Lipinski definition) is 5. The van der Waals surface area contributed by atoms with E-state index in [9.17, 15) is 18.0 Å². The summed E-state index contributed by atoms with van der Waals surface area (Å²) in [6.45, 7) is 1.35. The van der Waals surface area contributed by atoms with Gasteiger partial charge in [0.2, 0.25) is 0 Å². The summed E-state index contributed by atoms with van der Waals surface area (Å²) >= 11 is 2.24. The molecule has 3 nitrogen and oxygen atoms in total. The van der Waals surface area contributed by atoms with Gasteiger partial charge in [0, 0.05) is 6.92 Å². The van der Waals surface area contributed by atoms with Crippen molar-refractivity contribution in [2.75, 3.05) is 17.3 Å². The standard InChI is InChI=1S/C11H13F3N2OS2/c1-5(17)7-6(15)8(18-2)9(19-7)16-10(3-4-10)11(12,13)14/h16H,3-4,15H2,1-2H3. The lowest BCUT2D eigenvalue weighted by atomic mass is 10.2. The third-order valence-electron chi connectivity index (χ3n) is 3.07. The number of carbonyl (C=O) groups is 1. The number of alkyl halides is 3. The molecule has 1 saturated carbocycles. The molecular formula is C11H13F3N2OS2. The van der Waals surface area contributed by atoms with Crippen LogP contribution in [0, 0.1) is 0 Å². The minimum atomic E-state index is -4.29. The van der Waals surface area contributed by atoms with Crippen LogP contribution in [0.1, 0.15) is 29.4 Å². The minimum absolute atomic E-state index is 0.0531. The van der Waals surface area contributed by atoms with E-state index in [1.165, 1.54) is 18.7 Å². The quantitative estimate of drug-likeness (QED) is 0.657. The Balaban J connectivity index is 2.36. The van der Waals surface area contributed by atoms with Crippen LogP contribution < -0.4 is 11.1 Å². The smallest absolute Gasteiger partial charge is 0.396 e. The molecule has 0 unspecified atom stereocenters. The van der Waals surface area contributed by atoms with Gasteiger partial charge in [-0.3, -0.25) is 4.79 Å². The van der Waals surface area contributed by atoms with Gasteiger partial charge in [-0.2, -0.15) is 13.2 Å². The molecule has 0 atom stereocenters. The number of thioether (sulfide) groups is 1. The van der Waals surface area contributed by atoms with Crippen LogP contribution in [0.25, 0.3) is 0 Å². The molecular weight excluding hydrogens is 297 g/mol. The number of anilines is 2. The number of ketones is 1. The molecule has 1 fully saturated rings. The molecule has 1 aromatic heterocycles. The van der Waals surface area contributed by atoms with Crippen LogP contribution in [0.15, 0.2) is 4.90 Å². The van der Waals surface area contributed by atoms with Crippen LogP contribution in [-0.2, 0) is 0 Å². The molecule has 19 heavy (non-hydrogen) atoms. The second kappa shape index (κ2) is 4.59. The second-order valence-corrected chi connectivity index (χ2v) is 6.31. The maximum absolute atomic E-state index is 12.9. The van der Waals surface area contributed by atoms with Gasteiger partial charge in [0.05, 0.1) is 15.5 Å². The van der Waals surface area contributed by atoms with Gasteiger partial charge in [0.25, 0.3) is 0 Å². The number of nitrogen functional groups attached to an aromatic ring is 1. The predicted molar refractivity (Wildman–Crippen MR) is 72.2 cm³/mol. The Morgan fingerprint density at radius 3 is 2.42 bits per heavy atom. The largest absolute Gasteiger partial charge is 0.411 e. The average molecular weight is 310 g/mol. The minimum Gasteiger partial charge on any atom is -0.396 e. The van der Waals surface area contributed by atoms with Crippen molar-refractivity contribution in [3.63, 3.8) is 0 Å². The highest BCUT2D eigenvalue weighted by molar-refractivity contribution is 7.99. The fourth-order valence-corrected chi connectivity index (χ4v) is 3.80. The van der Waals surface area contributed by atoms with Crippen LogP contribution in [0.2, 0.25) is 0 Å². The van der Waals surface area contributed by atoms with Crippen LogP contribution >= 0.6 is 23.1 Å². The molecule has 0 amide bonds. The molecule has 0 spiro atoms. The van der Waals surface area contributed by atoms with E-state index in [-0.39, 0.29) is 24.3 Å². The van der Waals surface area contributed by atoms with Gasteiger partial charge in [-0.05, 0) is 19.1 Å². The number of carbonyl (C=O) groups excluding carboxylic acids is 1. The zero-order chi connectivity index (χ0) is 14.4. The number of Topliss-reactive ketones (excluding diaryl/α,β-unsaturated/α-hetero) is 1. The van der Waals surface area contributed by atoms with E-state index in [0.717, 1.165) is 11.3 Å². The maximum Gasteiger partial charge on any atom is 0.411 e. The maximum atomic E-state index is 12.9. The van der Waals surface area contributed by atoms with Gasteiger partial charge in [-0.15, -0.1) is 23.1 Å². The molecule has 2 rings (SSSR count). The first-order chi connectivity index (χ1) is 8.72. The van der Waals surface area contributed by atoms with Crippen molar-refractivity contribution in [3.8, 4) is 0 Å². The van der Waals surface area contributed by atoms with Gasteiger partial charge in [0.1, 0.15) is 10.5 Å². The van der Waals surface area contributed by atoms with Crippen molar-refractivity contribution < 1.29 is 18.0 Å². The molecule has 1 heterocycles. The normalized spacial score (nSPS) is 17.3. The van der Waals surface area contributed by atoms with E-state index in [2.05, 4.69) is 5.32 Å². The lowest BCUT2D eigenvalue weighted by Gasteiger charge is -2.21. The van der Waals surface area contributed by atoms with Crippen molar-refractivity contribution in [1.29, 1.82) is 0 Å². The summed E-state index contributed by atoms with van der Waals surface area (Å²) in [5, 5.41) is 2.88. The van der Waals surface area contributed by atoms with Crippen LogP contribution in [-0.4, -0.2) is 23.8 Å². The molecule has 8 heteroatoms. The molecule has 0 radical (unpaired) electrons. The fraction of sp³-hybridized carbons (Fsp3) is 0.545. The summed E-state index contributed by atoms with van der Waals surface area (Å²) in [6.07, 6.45) is -2.46. The summed E-state index contributed by atoms with van der Waals surface area (Å²) in [6, 6.07) is 0. The summed E-state index contributed by atoms with van der Waals surface area (Å²) in [5.41, 5.74) is 4.24. The highest BCUT2D eigenvalue weighted by atomic mass is 32.2. The van der Waals surface area contributed by atoms with Crippen molar-refractivity contribution >= 4 is 39.6 Å². The lowest BCUT2D eigenvalue weighted by molar-refractivity contribution is -0.151. The van der Waals surface area contributed by atoms with Crippen molar-refractivity contribution in [2.45, 2.75) is 36.4 Å². The number of thiophene rings is 1. The number of nitrogens with one attached hydrogen (secondary N) is 1. The van der Waals surface area contributed by atoms with Crippen LogP contribution in [0.5, 0.6) is 0 Å². The average Bonchev–Trinajstić information content (AvgIpc) is 2.99. The summed E-state index contributed by atoms with van der Waals surface area (Å²) < 4.78 is 38.8. The van der Waals surface area contributed by atoms with Gasteiger partial charge in [0.15, 0.2) is 5.78 Å². The topological polar surface area (TPSA) is 55.1 Å². The molecule has 1 aromatic rings. The number of nitrogens with two attached hydrogens (primary N) is 1. The van der Waals surface area contributed by atoms with E-state index in [0.29, 0.717) is 14.8 Å². The van der Waals surface area contributed by atoms with Gasteiger partial charge in [-0.1, -0.05) is 0 Å². The number of hydrogen-bond donors (Lipinski definition) is 2. The first kappa shape index (κ1) is 14.5. The third-order valence-corrected chi connectivity index (χ3v) is 5.25. The summed E-state index contributed by atoms with van der Waals surface area (Å²) in [7, 11) is 0. The second-order valence-electron chi connectivity index (χ2n) is 4.47. The molecule has 1 aliphatic rings. The predicted octanol–water partition coefficient (Wildman–Crippen LogP) is 3.76. The summed E-state index contributed by atoms with van der Waals surface area (Å²) in [5.74, 6) is -0.234. The van der Waals surface area contributed by atoms with Crippen LogP contribution in [0.3, 0.4) is 0 Å². The zero-order valence-electron chi connectivity index (χ0n) is 10.4. The van der Waals surface area contributed by atoms with E-state index in [1.54, 1.807) is 6.26 Å². The first-order valence-electron chi connectivity index (χ1n) is 5.54.